The lowest BCUT2D eigenvalue weighted by atomic mass is 10.0. The van der Waals surface area contributed by atoms with Crippen LogP contribution in [0.1, 0.15) is 31.4 Å². The molecule has 0 aliphatic carbocycles. The maximum absolute atomic E-state index is 11.1. The van der Waals surface area contributed by atoms with E-state index >= 15 is 0 Å². The van der Waals surface area contributed by atoms with Gasteiger partial charge in [-0.25, -0.2) is 0 Å². The molecule has 1 atom stereocenters. The van der Waals surface area contributed by atoms with Gasteiger partial charge in [-0.2, -0.15) is 0 Å². The molecule has 0 fully saturated rings. The van der Waals surface area contributed by atoms with E-state index in [0.29, 0.717) is 12.8 Å². The fourth-order valence-electron chi connectivity index (χ4n) is 1.10. The number of carbonyl (C=O) groups is 1. The van der Waals surface area contributed by atoms with E-state index < -0.39 is 0 Å². The van der Waals surface area contributed by atoms with Gasteiger partial charge in [-0.05, 0) is 11.6 Å². The average Bonchev–Trinajstić information content (AvgIpc) is 2.19. The van der Waals surface area contributed by atoms with Crippen molar-refractivity contribution in [1.29, 1.82) is 0 Å². The van der Waals surface area contributed by atoms with Crippen LogP contribution in [0.25, 0.3) is 0 Å². The van der Waals surface area contributed by atoms with Crippen LogP contribution in [0.4, 0.5) is 0 Å². The zero-order chi connectivity index (χ0) is 9.68. The monoisotopic (exact) mass is 178 g/mol. The first-order chi connectivity index (χ1) is 6.24. The zero-order valence-corrected chi connectivity index (χ0v) is 7.73. The lowest BCUT2D eigenvalue weighted by Gasteiger charge is -2.09. The molecule has 1 aromatic heterocycles. The third kappa shape index (κ3) is 2.95. The molecule has 0 saturated heterocycles. The van der Waals surface area contributed by atoms with E-state index in [1.165, 1.54) is 0 Å². The second-order valence-electron chi connectivity index (χ2n) is 2.99. The van der Waals surface area contributed by atoms with Gasteiger partial charge in [0.05, 0.1) is 0 Å². The minimum Gasteiger partial charge on any atom is -0.324 e. The third-order valence-electron chi connectivity index (χ3n) is 1.95. The lowest BCUT2D eigenvalue weighted by Crippen LogP contribution is -2.14. The predicted molar refractivity (Wildman–Crippen MR) is 51.1 cm³/mol. The molecule has 3 heteroatoms. The van der Waals surface area contributed by atoms with Gasteiger partial charge < -0.3 is 5.73 Å². The highest BCUT2D eigenvalue weighted by Crippen LogP contribution is 2.12. The molecule has 0 aliphatic rings. The van der Waals surface area contributed by atoms with E-state index in [9.17, 15) is 4.79 Å². The molecule has 0 spiro atoms. The van der Waals surface area contributed by atoms with Crippen molar-refractivity contribution in [3.05, 3.63) is 30.1 Å². The standard InChI is InChI=1S/C10H14N2O/c1-2-9(13)6-10(11)8-4-3-5-12-7-8/h3-5,7,10H,2,6,11H2,1H3. The van der Waals surface area contributed by atoms with Crippen molar-refractivity contribution < 1.29 is 4.79 Å². The van der Waals surface area contributed by atoms with Gasteiger partial charge >= 0.3 is 0 Å². The number of pyridine rings is 1. The van der Waals surface area contributed by atoms with E-state index in [0.717, 1.165) is 5.56 Å². The molecule has 3 nitrogen and oxygen atoms in total. The highest BCUT2D eigenvalue weighted by molar-refractivity contribution is 5.78. The van der Waals surface area contributed by atoms with Gasteiger partial charge in [-0.3, -0.25) is 9.78 Å². The van der Waals surface area contributed by atoms with E-state index in [4.69, 9.17) is 5.73 Å². The molecule has 0 aromatic carbocycles. The molecule has 1 unspecified atom stereocenters. The fourth-order valence-corrected chi connectivity index (χ4v) is 1.10. The Morgan fingerprint density at radius 3 is 3.00 bits per heavy atom. The van der Waals surface area contributed by atoms with Gasteiger partial charge in [0, 0.05) is 31.3 Å². The SMILES string of the molecule is CCC(=O)CC(N)c1cccnc1. The Morgan fingerprint density at radius 1 is 1.69 bits per heavy atom. The first-order valence-corrected chi connectivity index (χ1v) is 4.41. The molecule has 1 aromatic rings. The summed E-state index contributed by atoms with van der Waals surface area (Å²) >= 11 is 0. The van der Waals surface area contributed by atoms with Crippen LogP contribution in [0.3, 0.4) is 0 Å². The van der Waals surface area contributed by atoms with Crippen molar-refractivity contribution in [3.63, 3.8) is 0 Å². The molecule has 0 amide bonds. The zero-order valence-electron chi connectivity index (χ0n) is 7.73. The van der Waals surface area contributed by atoms with Crippen LogP contribution in [-0.2, 0) is 4.79 Å². The summed E-state index contributed by atoms with van der Waals surface area (Å²) in [5.41, 5.74) is 6.73. The van der Waals surface area contributed by atoms with Crippen LogP contribution < -0.4 is 5.73 Å². The minimum atomic E-state index is -0.207. The van der Waals surface area contributed by atoms with E-state index in [1.807, 2.05) is 19.1 Å². The number of Topliss-reactive ketones (excluding diaryl/α,β-unsaturated/α-hetero) is 1. The van der Waals surface area contributed by atoms with Crippen molar-refractivity contribution >= 4 is 5.78 Å². The van der Waals surface area contributed by atoms with E-state index in [-0.39, 0.29) is 11.8 Å². The number of ketones is 1. The minimum absolute atomic E-state index is 0.191. The molecule has 0 aliphatic heterocycles. The number of hydrogen-bond donors (Lipinski definition) is 1. The first-order valence-electron chi connectivity index (χ1n) is 4.41. The molecule has 0 saturated carbocycles. The molecule has 2 N–H and O–H groups in total. The Morgan fingerprint density at radius 2 is 2.46 bits per heavy atom. The highest BCUT2D eigenvalue weighted by Gasteiger charge is 2.09. The summed E-state index contributed by atoms with van der Waals surface area (Å²) in [5, 5.41) is 0. The van der Waals surface area contributed by atoms with Gasteiger partial charge in [-0.15, -0.1) is 0 Å². The number of nitrogens with two attached hydrogens (primary N) is 1. The Bertz CT molecular complexity index is 272. The van der Waals surface area contributed by atoms with Gasteiger partial charge in [0.2, 0.25) is 0 Å². The molecule has 0 radical (unpaired) electrons. The Kier molecular flexibility index (Phi) is 3.58. The van der Waals surface area contributed by atoms with Gasteiger partial charge in [0.25, 0.3) is 0 Å². The summed E-state index contributed by atoms with van der Waals surface area (Å²) in [7, 11) is 0. The predicted octanol–water partition coefficient (Wildman–Crippen LogP) is 1.45. The van der Waals surface area contributed by atoms with Crippen molar-refractivity contribution in [2.24, 2.45) is 5.73 Å². The topological polar surface area (TPSA) is 56.0 Å². The summed E-state index contributed by atoms with van der Waals surface area (Å²) in [4.78, 5) is 15.0. The van der Waals surface area contributed by atoms with E-state index in [1.54, 1.807) is 12.4 Å². The summed E-state index contributed by atoms with van der Waals surface area (Å²) < 4.78 is 0. The molecule has 70 valence electrons. The Balaban J connectivity index is 2.59. The first kappa shape index (κ1) is 9.86. The molecule has 13 heavy (non-hydrogen) atoms. The number of rotatable bonds is 4. The van der Waals surface area contributed by atoms with E-state index in [2.05, 4.69) is 4.98 Å². The lowest BCUT2D eigenvalue weighted by molar-refractivity contribution is -0.119. The summed E-state index contributed by atoms with van der Waals surface area (Å²) in [6.45, 7) is 1.85. The molecule has 1 rings (SSSR count). The van der Waals surface area contributed by atoms with Crippen molar-refractivity contribution in [3.8, 4) is 0 Å². The maximum Gasteiger partial charge on any atom is 0.134 e. The summed E-state index contributed by atoms with van der Waals surface area (Å²) in [6.07, 6.45) is 4.35. The smallest absolute Gasteiger partial charge is 0.134 e. The molecule has 0 bridgehead atoms. The summed E-state index contributed by atoms with van der Waals surface area (Å²) in [6, 6.07) is 3.51. The fraction of sp³-hybridized carbons (Fsp3) is 0.400. The van der Waals surface area contributed by atoms with Crippen molar-refractivity contribution in [2.45, 2.75) is 25.8 Å². The normalized spacial score (nSPS) is 12.5. The Labute approximate surface area is 78.0 Å². The largest absolute Gasteiger partial charge is 0.324 e. The number of carbonyl (C=O) groups excluding carboxylic acids is 1. The van der Waals surface area contributed by atoms with Crippen molar-refractivity contribution in [1.82, 2.24) is 4.98 Å². The number of aromatic nitrogens is 1. The molecule has 1 heterocycles. The number of hydrogen-bond acceptors (Lipinski definition) is 3. The van der Waals surface area contributed by atoms with Crippen molar-refractivity contribution in [2.75, 3.05) is 0 Å². The van der Waals surface area contributed by atoms with Crippen LogP contribution in [0.2, 0.25) is 0 Å². The maximum atomic E-state index is 11.1. The van der Waals surface area contributed by atoms with Crippen LogP contribution in [0.5, 0.6) is 0 Å². The highest BCUT2D eigenvalue weighted by atomic mass is 16.1. The Hall–Kier alpha value is -1.22. The van der Waals surface area contributed by atoms with Crippen LogP contribution in [0, 0.1) is 0 Å². The molecular weight excluding hydrogens is 164 g/mol. The van der Waals surface area contributed by atoms with Gasteiger partial charge in [-0.1, -0.05) is 13.0 Å². The molecular formula is C10H14N2O. The average molecular weight is 178 g/mol. The van der Waals surface area contributed by atoms with Crippen LogP contribution in [0.15, 0.2) is 24.5 Å². The van der Waals surface area contributed by atoms with Crippen LogP contribution in [-0.4, -0.2) is 10.8 Å². The third-order valence-corrected chi connectivity index (χ3v) is 1.95. The van der Waals surface area contributed by atoms with Crippen LogP contribution >= 0.6 is 0 Å². The quantitative estimate of drug-likeness (QED) is 0.759. The summed E-state index contributed by atoms with van der Waals surface area (Å²) in [5.74, 6) is 0.191. The second-order valence-corrected chi connectivity index (χ2v) is 2.99. The van der Waals surface area contributed by atoms with Gasteiger partial charge in [0.1, 0.15) is 5.78 Å². The number of nitrogens with zero attached hydrogens (tertiary/aromatic N) is 1. The second kappa shape index (κ2) is 4.72. The van der Waals surface area contributed by atoms with Gasteiger partial charge in [0.15, 0.2) is 0 Å².